The lowest BCUT2D eigenvalue weighted by Gasteiger charge is -2.20. The van der Waals surface area contributed by atoms with E-state index in [1.165, 1.54) is 18.2 Å². The van der Waals surface area contributed by atoms with Gasteiger partial charge >= 0.3 is 0 Å². The molecular weight excluding hydrogens is 200 g/mol. The predicted octanol–water partition coefficient (Wildman–Crippen LogP) is 2.58. The van der Waals surface area contributed by atoms with Gasteiger partial charge in [-0.05, 0) is 25.0 Å². The summed E-state index contributed by atoms with van der Waals surface area (Å²) in [5.74, 6) is 0. The van der Waals surface area contributed by atoms with E-state index in [1.54, 1.807) is 0 Å². The molecule has 0 unspecified atom stereocenters. The van der Waals surface area contributed by atoms with Crippen LogP contribution in [0.3, 0.4) is 0 Å². The van der Waals surface area contributed by atoms with Crippen LogP contribution in [0.15, 0.2) is 24.4 Å². The number of anilines is 1. The summed E-state index contributed by atoms with van der Waals surface area (Å²) in [6.45, 7) is 2.11. The minimum atomic E-state index is 0.789. The summed E-state index contributed by atoms with van der Waals surface area (Å²) in [5.41, 5.74) is 2.96. The van der Waals surface area contributed by atoms with E-state index in [0.29, 0.717) is 0 Å². The Bertz CT molecular complexity index is 524. The van der Waals surface area contributed by atoms with Crippen LogP contribution in [-0.4, -0.2) is 24.4 Å². The van der Waals surface area contributed by atoms with Crippen LogP contribution in [-0.2, 0) is 0 Å². The number of fused-ring (bicyclic) bond motifs is 1. The number of aromatic nitrogens is 1. The first-order valence-corrected chi connectivity index (χ1v) is 5.70. The zero-order valence-corrected chi connectivity index (χ0v) is 9.07. The molecule has 3 heteroatoms. The Hall–Kier alpha value is -1.77. The molecule has 0 amide bonds. The van der Waals surface area contributed by atoms with Gasteiger partial charge in [-0.1, -0.05) is 6.07 Å². The molecule has 0 atom stereocenters. The molecule has 0 aliphatic carbocycles. The largest absolute Gasteiger partial charge is 0.369 e. The van der Waals surface area contributed by atoms with Crippen LogP contribution in [0.1, 0.15) is 23.2 Å². The van der Waals surface area contributed by atoms with Crippen molar-refractivity contribution >= 4 is 22.9 Å². The zero-order valence-electron chi connectivity index (χ0n) is 9.07. The third-order valence-corrected chi connectivity index (χ3v) is 3.28. The minimum absolute atomic E-state index is 0.789. The van der Waals surface area contributed by atoms with Crippen LogP contribution >= 0.6 is 0 Å². The SMILES string of the molecule is O=Cc1ccc2cc[nH]c2c1N1CCCC1. The first-order chi connectivity index (χ1) is 7.90. The third kappa shape index (κ3) is 1.32. The van der Waals surface area contributed by atoms with Crippen molar-refractivity contribution in [3.63, 3.8) is 0 Å². The van der Waals surface area contributed by atoms with Crippen molar-refractivity contribution in [3.8, 4) is 0 Å². The summed E-state index contributed by atoms with van der Waals surface area (Å²) in [6.07, 6.45) is 5.32. The molecule has 82 valence electrons. The highest BCUT2D eigenvalue weighted by Gasteiger charge is 2.18. The van der Waals surface area contributed by atoms with Gasteiger partial charge in [0.2, 0.25) is 0 Å². The third-order valence-electron chi connectivity index (χ3n) is 3.28. The molecule has 0 bridgehead atoms. The van der Waals surface area contributed by atoms with Crippen LogP contribution < -0.4 is 4.90 Å². The molecule has 0 spiro atoms. The van der Waals surface area contributed by atoms with Crippen LogP contribution in [0, 0.1) is 0 Å². The quantitative estimate of drug-likeness (QED) is 0.780. The molecule has 2 aromatic rings. The van der Waals surface area contributed by atoms with Crippen LogP contribution in [0.4, 0.5) is 5.69 Å². The van der Waals surface area contributed by atoms with Gasteiger partial charge in [0.1, 0.15) is 0 Å². The first kappa shape index (κ1) is 9.46. The lowest BCUT2D eigenvalue weighted by molar-refractivity contribution is 0.112. The van der Waals surface area contributed by atoms with E-state index in [0.717, 1.165) is 36.1 Å². The first-order valence-electron chi connectivity index (χ1n) is 5.70. The van der Waals surface area contributed by atoms with Crippen molar-refractivity contribution in [1.82, 2.24) is 4.98 Å². The summed E-state index contributed by atoms with van der Waals surface area (Å²) in [4.78, 5) is 16.7. The Kier molecular flexibility index (Phi) is 2.17. The standard InChI is InChI=1S/C13H14N2O/c16-9-11-4-3-10-5-6-14-12(10)13(11)15-7-1-2-8-15/h3-6,9,14H,1-2,7-8H2. The van der Waals surface area contributed by atoms with Crippen LogP contribution in [0.2, 0.25) is 0 Å². The second-order valence-corrected chi connectivity index (χ2v) is 4.26. The fourth-order valence-corrected chi connectivity index (χ4v) is 2.50. The summed E-state index contributed by atoms with van der Waals surface area (Å²) in [6, 6.07) is 5.95. The maximum atomic E-state index is 11.1. The van der Waals surface area contributed by atoms with Crippen molar-refractivity contribution < 1.29 is 4.79 Å². The van der Waals surface area contributed by atoms with Gasteiger partial charge in [-0.15, -0.1) is 0 Å². The van der Waals surface area contributed by atoms with Gasteiger partial charge in [0.05, 0.1) is 11.2 Å². The van der Waals surface area contributed by atoms with Crippen molar-refractivity contribution in [2.45, 2.75) is 12.8 Å². The molecule has 1 N–H and O–H groups in total. The molecule has 0 saturated carbocycles. The van der Waals surface area contributed by atoms with Gasteiger partial charge in [0.25, 0.3) is 0 Å². The Morgan fingerprint density at radius 3 is 2.75 bits per heavy atom. The number of carbonyl (C=O) groups is 1. The summed E-state index contributed by atoms with van der Waals surface area (Å²) in [5, 5.41) is 1.17. The molecular formula is C13H14N2O. The van der Waals surface area contributed by atoms with E-state index in [9.17, 15) is 4.79 Å². The number of hydrogen-bond donors (Lipinski definition) is 1. The fourth-order valence-electron chi connectivity index (χ4n) is 2.50. The number of aldehydes is 1. The average Bonchev–Trinajstić information content (AvgIpc) is 2.98. The number of rotatable bonds is 2. The molecule has 1 aromatic heterocycles. The van der Waals surface area contributed by atoms with Gasteiger partial charge < -0.3 is 9.88 Å². The fraction of sp³-hybridized carbons (Fsp3) is 0.308. The summed E-state index contributed by atoms with van der Waals surface area (Å²) in [7, 11) is 0. The zero-order chi connectivity index (χ0) is 11.0. The molecule has 3 nitrogen and oxygen atoms in total. The predicted molar refractivity (Wildman–Crippen MR) is 65.1 cm³/mol. The Balaban J connectivity index is 2.23. The number of benzene rings is 1. The second kappa shape index (κ2) is 3.67. The van der Waals surface area contributed by atoms with Gasteiger partial charge in [-0.25, -0.2) is 0 Å². The maximum absolute atomic E-state index is 11.1. The maximum Gasteiger partial charge on any atom is 0.152 e. The smallest absolute Gasteiger partial charge is 0.152 e. The van der Waals surface area contributed by atoms with E-state index < -0.39 is 0 Å². The average molecular weight is 214 g/mol. The van der Waals surface area contributed by atoms with Crippen molar-refractivity contribution in [1.29, 1.82) is 0 Å². The number of hydrogen-bond acceptors (Lipinski definition) is 2. The number of nitrogens with zero attached hydrogens (tertiary/aromatic N) is 1. The highest BCUT2D eigenvalue weighted by Crippen LogP contribution is 2.31. The van der Waals surface area contributed by atoms with E-state index in [2.05, 4.69) is 9.88 Å². The molecule has 1 saturated heterocycles. The summed E-state index contributed by atoms with van der Waals surface area (Å²) < 4.78 is 0. The van der Waals surface area contributed by atoms with Crippen LogP contribution in [0.25, 0.3) is 10.9 Å². The van der Waals surface area contributed by atoms with Gasteiger partial charge in [-0.2, -0.15) is 0 Å². The lowest BCUT2D eigenvalue weighted by Crippen LogP contribution is -2.19. The lowest BCUT2D eigenvalue weighted by atomic mass is 10.1. The van der Waals surface area contributed by atoms with Crippen molar-refractivity contribution in [2.24, 2.45) is 0 Å². The molecule has 1 fully saturated rings. The second-order valence-electron chi connectivity index (χ2n) is 4.26. The van der Waals surface area contributed by atoms with Gasteiger partial charge in [-0.3, -0.25) is 4.79 Å². The van der Waals surface area contributed by atoms with Gasteiger partial charge in [0.15, 0.2) is 6.29 Å². The highest BCUT2D eigenvalue weighted by molar-refractivity contribution is 6.00. The summed E-state index contributed by atoms with van der Waals surface area (Å²) >= 11 is 0. The highest BCUT2D eigenvalue weighted by atomic mass is 16.1. The number of H-pyrrole nitrogens is 1. The van der Waals surface area contributed by atoms with E-state index in [4.69, 9.17) is 0 Å². The van der Waals surface area contributed by atoms with Crippen molar-refractivity contribution in [2.75, 3.05) is 18.0 Å². The molecule has 3 rings (SSSR count). The molecule has 0 radical (unpaired) electrons. The Morgan fingerprint density at radius 1 is 1.19 bits per heavy atom. The van der Waals surface area contributed by atoms with E-state index in [-0.39, 0.29) is 0 Å². The van der Waals surface area contributed by atoms with E-state index in [1.807, 2.05) is 24.4 Å². The normalized spacial score (nSPS) is 15.9. The molecule has 16 heavy (non-hydrogen) atoms. The Morgan fingerprint density at radius 2 is 2.00 bits per heavy atom. The minimum Gasteiger partial charge on any atom is -0.369 e. The van der Waals surface area contributed by atoms with E-state index >= 15 is 0 Å². The monoisotopic (exact) mass is 214 g/mol. The number of nitrogens with one attached hydrogen (secondary N) is 1. The number of aromatic amines is 1. The molecule has 1 aliphatic rings. The molecule has 1 aliphatic heterocycles. The molecule has 2 heterocycles. The topological polar surface area (TPSA) is 36.1 Å². The van der Waals surface area contributed by atoms with Gasteiger partial charge in [0, 0.05) is 30.2 Å². The Labute approximate surface area is 94.1 Å². The number of carbonyl (C=O) groups excluding carboxylic acids is 1. The van der Waals surface area contributed by atoms with Crippen molar-refractivity contribution in [3.05, 3.63) is 30.0 Å². The molecule has 1 aromatic carbocycles. The van der Waals surface area contributed by atoms with Crippen LogP contribution in [0.5, 0.6) is 0 Å².